The smallest absolute Gasteiger partial charge is 0.345 e. The number of carbonyl (C=O) groups is 2. The van der Waals surface area contributed by atoms with Crippen molar-refractivity contribution >= 4 is 34.2 Å². The molecule has 2 atom stereocenters. The fourth-order valence-electron chi connectivity index (χ4n) is 1.11. The first kappa shape index (κ1) is 14.2. The molecule has 94 valence electrons. The third-order valence-electron chi connectivity index (χ3n) is 1.95. The number of aromatic carboxylic acids is 1. The minimum Gasteiger partial charge on any atom is -0.477 e. The summed E-state index contributed by atoms with van der Waals surface area (Å²) in [6, 6.07) is 2.83. The predicted molar refractivity (Wildman–Crippen MR) is 65.4 cm³/mol. The van der Waals surface area contributed by atoms with Crippen molar-refractivity contribution in [3.8, 4) is 0 Å². The maximum Gasteiger partial charge on any atom is 0.345 e. The summed E-state index contributed by atoms with van der Waals surface area (Å²) in [5.74, 6) is -0.988. The Morgan fingerprint density at radius 3 is 2.53 bits per heavy atom. The first-order valence-electron chi connectivity index (χ1n) is 4.74. The molecule has 0 aromatic carbocycles. The highest BCUT2D eigenvalue weighted by atomic mass is 32.2. The molecule has 5 nitrogen and oxygen atoms in total. The zero-order chi connectivity index (χ0) is 13.0. The van der Waals surface area contributed by atoms with E-state index in [0.717, 1.165) is 23.1 Å². The van der Waals surface area contributed by atoms with E-state index in [4.69, 9.17) is 5.11 Å². The number of thiophene rings is 1. The van der Waals surface area contributed by atoms with Gasteiger partial charge in [0.1, 0.15) is 11.0 Å². The summed E-state index contributed by atoms with van der Waals surface area (Å²) in [7, 11) is 0. The van der Waals surface area contributed by atoms with Crippen LogP contribution in [0, 0.1) is 0 Å². The van der Waals surface area contributed by atoms with Gasteiger partial charge in [-0.2, -0.15) is 0 Å². The van der Waals surface area contributed by atoms with E-state index >= 15 is 0 Å². The van der Waals surface area contributed by atoms with Crippen molar-refractivity contribution in [2.75, 3.05) is 5.75 Å². The first-order valence-corrected chi connectivity index (χ1v) is 6.54. The Kier molecular flexibility index (Phi) is 5.13. The number of rotatable bonds is 5. The van der Waals surface area contributed by atoms with E-state index in [0.29, 0.717) is 4.88 Å². The molecule has 1 heterocycles. The van der Waals surface area contributed by atoms with Crippen molar-refractivity contribution in [1.29, 1.82) is 0 Å². The van der Waals surface area contributed by atoms with Gasteiger partial charge < -0.3 is 15.3 Å². The molecule has 1 aromatic rings. The fourth-order valence-corrected chi connectivity index (χ4v) is 2.59. The van der Waals surface area contributed by atoms with Crippen molar-refractivity contribution in [2.45, 2.75) is 19.1 Å². The highest BCUT2D eigenvalue weighted by Crippen LogP contribution is 2.27. The normalized spacial score (nSPS) is 14.3. The van der Waals surface area contributed by atoms with Crippen molar-refractivity contribution in [1.82, 2.24) is 0 Å². The van der Waals surface area contributed by atoms with Crippen molar-refractivity contribution in [3.05, 3.63) is 21.9 Å². The average Bonchev–Trinajstić information content (AvgIpc) is 2.73. The van der Waals surface area contributed by atoms with Gasteiger partial charge in [-0.25, -0.2) is 4.79 Å². The van der Waals surface area contributed by atoms with Crippen LogP contribution in [0.1, 0.15) is 27.6 Å². The Balaban J connectivity index is 2.64. The highest BCUT2D eigenvalue weighted by Gasteiger charge is 2.21. The molecule has 0 fully saturated rings. The maximum atomic E-state index is 10.7. The van der Waals surface area contributed by atoms with E-state index in [-0.39, 0.29) is 15.7 Å². The molecule has 0 amide bonds. The van der Waals surface area contributed by atoms with Crippen molar-refractivity contribution < 1.29 is 24.9 Å². The fraction of sp³-hybridized carbons (Fsp3) is 0.400. The number of aliphatic hydroxyl groups is 2. The zero-order valence-electron chi connectivity index (χ0n) is 8.99. The van der Waals surface area contributed by atoms with Gasteiger partial charge in [-0.3, -0.25) is 4.79 Å². The molecule has 1 aromatic heterocycles. The standard InChI is InChI=1S/C10H12O5S2/c1-5(11)16-4-6(12)9(13)7-2-3-8(17-7)10(14)15/h2-3,6,9,12-13H,4H2,1H3,(H,14,15). The number of carboxylic acids is 1. The van der Waals surface area contributed by atoms with Gasteiger partial charge >= 0.3 is 5.97 Å². The Morgan fingerprint density at radius 2 is 2.06 bits per heavy atom. The molecule has 0 spiro atoms. The lowest BCUT2D eigenvalue weighted by Gasteiger charge is -2.15. The van der Waals surface area contributed by atoms with Gasteiger partial charge in [0, 0.05) is 17.6 Å². The summed E-state index contributed by atoms with van der Waals surface area (Å²) in [5.41, 5.74) is 0. The third-order valence-corrected chi connectivity index (χ3v) is 4.01. The second kappa shape index (κ2) is 6.15. The number of carboxylic acid groups (broad SMARTS) is 1. The Morgan fingerprint density at radius 1 is 1.41 bits per heavy atom. The molecule has 0 bridgehead atoms. The number of hydrogen-bond donors (Lipinski definition) is 3. The third kappa shape index (κ3) is 4.12. The molecule has 0 saturated heterocycles. The summed E-state index contributed by atoms with van der Waals surface area (Å²) >= 11 is 1.82. The summed E-state index contributed by atoms with van der Waals surface area (Å²) < 4.78 is 0. The van der Waals surface area contributed by atoms with E-state index in [2.05, 4.69) is 0 Å². The van der Waals surface area contributed by atoms with Crippen LogP contribution < -0.4 is 0 Å². The topological polar surface area (TPSA) is 94.8 Å². The number of aliphatic hydroxyl groups excluding tert-OH is 2. The summed E-state index contributed by atoms with van der Waals surface area (Å²) in [4.78, 5) is 21.8. The SMILES string of the molecule is CC(=O)SCC(O)C(O)c1ccc(C(=O)O)s1. The number of thioether (sulfide) groups is 1. The Labute approximate surface area is 106 Å². The zero-order valence-corrected chi connectivity index (χ0v) is 10.6. The van der Waals surface area contributed by atoms with E-state index < -0.39 is 18.2 Å². The summed E-state index contributed by atoms with van der Waals surface area (Å²) in [6.07, 6.45) is -2.26. The highest BCUT2D eigenvalue weighted by molar-refractivity contribution is 8.13. The van der Waals surface area contributed by atoms with Gasteiger partial charge in [0.25, 0.3) is 0 Å². The average molecular weight is 276 g/mol. The second-order valence-corrected chi connectivity index (χ2v) is 5.63. The van der Waals surface area contributed by atoms with Gasteiger partial charge in [0.2, 0.25) is 0 Å². The molecule has 0 saturated carbocycles. The largest absolute Gasteiger partial charge is 0.477 e. The van der Waals surface area contributed by atoms with Crippen LogP contribution in [0.15, 0.2) is 12.1 Å². The minimum absolute atomic E-state index is 0.0802. The van der Waals surface area contributed by atoms with Crippen LogP contribution in [-0.2, 0) is 4.79 Å². The Bertz CT molecular complexity index is 415. The predicted octanol–water partition coefficient (Wildman–Crippen LogP) is 1.12. The molecule has 2 unspecified atom stereocenters. The lowest BCUT2D eigenvalue weighted by atomic mass is 10.2. The van der Waals surface area contributed by atoms with Crippen LogP contribution in [0.3, 0.4) is 0 Å². The van der Waals surface area contributed by atoms with Crippen molar-refractivity contribution in [2.24, 2.45) is 0 Å². The van der Waals surface area contributed by atoms with Gasteiger partial charge in [-0.15, -0.1) is 11.3 Å². The molecule has 3 N–H and O–H groups in total. The molecule has 17 heavy (non-hydrogen) atoms. The molecular weight excluding hydrogens is 264 g/mol. The molecule has 0 aliphatic carbocycles. The van der Waals surface area contributed by atoms with Crippen LogP contribution in [0.4, 0.5) is 0 Å². The van der Waals surface area contributed by atoms with Crippen LogP contribution in [-0.4, -0.2) is 38.3 Å². The monoisotopic (exact) mass is 276 g/mol. The lowest BCUT2D eigenvalue weighted by Crippen LogP contribution is -2.20. The van der Waals surface area contributed by atoms with Gasteiger partial charge in [-0.1, -0.05) is 11.8 Å². The van der Waals surface area contributed by atoms with Gasteiger partial charge in [-0.05, 0) is 12.1 Å². The molecule has 0 aliphatic heterocycles. The van der Waals surface area contributed by atoms with E-state index in [9.17, 15) is 19.8 Å². The van der Waals surface area contributed by atoms with E-state index in [1.54, 1.807) is 0 Å². The molecule has 7 heteroatoms. The minimum atomic E-state index is -1.17. The molecule has 0 radical (unpaired) electrons. The quantitative estimate of drug-likeness (QED) is 0.746. The van der Waals surface area contributed by atoms with Crippen LogP contribution in [0.25, 0.3) is 0 Å². The van der Waals surface area contributed by atoms with E-state index in [1.807, 2.05) is 0 Å². The lowest BCUT2D eigenvalue weighted by molar-refractivity contribution is -0.109. The van der Waals surface area contributed by atoms with E-state index in [1.165, 1.54) is 19.1 Å². The first-order chi connectivity index (χ1) is 7.91. The summed E-state index contributed by atoms with van der Waals surface area (Å²) in [6.45, 7) is 1.37. The van der Waals surface area contributed by atoms with Crippen LogP contribution in [0.5, 0.6) is 0 Å². The van der Waals surface area contributed by atoms with Crippen LogP contribution in [0.2, 0.25) is 0 Å². The molecule has 0 aliphatic rings. The van der Waals surface area contributed by atoms with Crippen LogP contribution >= 0.6 is 23.1 Å². The maximum absolute atomic E-state index is 10.7. The second-order valence-electron chi connectivity index (χ2n) is 3.32. The summed E-state index contributed by atoms with van der Waals surface area (Å²) in [5, 5.41) is 27.9. The van der Waals surface area contributed by atoms with Crippen molar-refractivity contribution in [3.63, 3.8) is 0 Å². The van der Waals surface area contributed by atoms with Gasteiger partial charge in [0.05, 0.1) is 6.10 Å². The number of carbonyl (C=O) groups excluding carboxylic acids is 1. The van der Waals surface area contributed by atoms with Gasteiger partial charge in [0.15, 0.2) is 5.12 Å². The Hall–Kier alpha value is -0.890. The molecular formula is C10H12O5S2. The number of hydrogen-bond acceptors (Lipinski definition) is 6. The molecule has 1 rings (SSSR count).